The average Bonchev–Trinajstić information content (AvgIpc) is 3.55. The van der Waals surface area contributed by atoms with Crippen molar-refractivity contribution < 1.29 is 26.7 Å². The van der Waals surface area contributed by atoms with E-state index in [2.05, 4.69) is 10.6 Å². The molecular weight excluding hydrogens is 459 g/mol. The molecule has 3 rings (SSSR count). The number of benzene rings is 1. The first-order valence-electron chi connectivity index (χ1n) is 10.8. The fraction of sp³-hybridized carbons (Fsp3) is 0.478. The van der Waals surface area contributed by atoms with Gasteiger partial charge < -0.3 is 20.1 Å². The number of nitrogens with zero attached hydrogens (tertiary/aromatic N) is 2. The minimum Gasteiger partial charge on any atom is -0.383 e. The number of carbonyl (C=O) groups excluding carboxylic acids is 1. The smallest absolute Gasteiger partial charge is 0.266 e. The van der Waals surface area contributed by atoms with Crippen molar-refractivity contribution in [2.45, 2.75) is 44.2 Å². The van der Waals surface area contributed by atoms with E-state index >= 15 is 0 Å². The van der Waals surface area contributed by atoms with Crippen LogP contribution in [0, 0.1) is 5.82 Å². The SMILES string of the molecule is C[C@@H](NC(=O)c1cn(C2(C(F)F)CC2)c(=O)cc1NCCN(C)C)c1cccc(C(F)F)c1F. The number of halogens is 5. The molecule has 6 nitrogen and oxygen atoms in total. The van der Waals surface area contributed by atoms with Crippen LogP contribution < -0.4 is 16.2 Å². The molecule has 1 fully saturated rings. The molecule has 0 unspecified atom stereocenters. The molecular formula is C23H27F5N4O2. The summed E-state index contributed by atoms with van der Waals surface area (Å²) < 4.78 is 68.9. The fourth-order valence-electron chi connectivity index (χ4n) is 3.74. The highest BCUT2D eigenvalue weighted by Crippen LogP contribution is 2.47. The van der Waals surface area contributed by atoms with Gasteiger partial charge in [-0.05, 0) is 33.9 Å². The van der Waals surface area contributed by atoms with Gasteiger partial charge in [-0.1, -0.05) is 18.2 Å². The second-order valence-corrected chi connectivity index (χ2v) is 8.69. The molecule has 11 heteroatoms. The maximum atomic E-state index is 14.5. The van der Waals surface area contributed by atoms with Gasteiger partial charge in [0.2, 0.25) is 0 Å². The van der Waals surface area contributed by atoms with Crippen LogP contribution in [-0.2, 0) is 5.54 Å². The number of carbonyl (C=O) groups is 1. The second kappa shape index (κ2) is 10.1. The Bertz CT molecular complexity index is 1100. The topological polar surface area (TPSA) is 66.4 Å². The standard InChI is InChI=1S/C23H27F5N4O2/c1-13(14-5-4-6-15(19(14)24)20(25)26)30-21(34)16-12-32(23(7-8-23)22(27)28)18(33)11-17(16)29-9-10-31(2)3/h4-6,11-13,20,22,29H,7-10H2,1-3H3,(H,30,34)/t13-/m1/s1. The monoisotopic (exact) mass is 486 g/mol. The largest absolute Gasteiger partial charge is 0.383 e. The minimum atomic E-state index is -3.03. The zero-order chi connectivity index (χ0) is 25.2. The van der Waals surface area contributed by atoms with Crippen LogP contribution in [0.15, 0.2) is 35.3 Å². The number of aromatic nitrogens is 1. The number of alkyl halides is 4. The first-order valence-corrected chi connectivity index (χ1v) is 10.8. The molecule has 0 bridgehead atoms. The third-order valence-corrected chi connectivity index (χ3v) is 5.93. The van der Waals surface area contributed by atoms with Gasteiger partial charge in [0.25, 0.3) is 24.3 Å². The first-order chi connectivity index (χ1) is 16.0. The van der Waals surface area contributed by atoms with Crippen molar-refractivity contribution in [1.82, 2.24) is 14.8 Å². The second-order valence-electron chi connectivity index (χ2n) is 8.69. The predicted molar refractivity (Wildman–Crippen MR) is 118 cm³/mol. The van der Waals surface area contributed by atoms with Crippen LogP contribution in [0.5, 0.6) is 0 Å². The van der Waals surface area contributed by atoms with Crippen molar-refractivity contribution in [2.75, 3.05) is 32.5 Å². The van der Waals surface area contributed by atoms with Gasteiger partial charge in [-0.2, -0.15) is 0 Å². The average molecular weight is 486 g/mol. The van der Waals surface area contributed by atoms with Gasteiger partial charge in [-0.25, -0.2) is 22.0 Å². The first kappa shape index (κ1) is 25.7. The van der Waals surface area contributed by atoms with E-state index in [-0.39, 0.29) is 29.7 Å². The Balaban J connectivity index is 1.95. The maximum Gasteiger partial charge on any atom is 0.266 e. The Kier molecular flexibility index (Phi) is 7.64. The van der Waals surface area contributed by atoms with Crippen LogP contribution in [0.1, 0.15) is 53.7 Å². The van der Waals surface area contributed by atoms with Crippen molar-refractivity contribution in [3.8, 4) is 0 Å². The molecule has 1 aromatic heterocycles. The lowest BCUT2D eigenvalue weighted by molar-refractivity contribution is 0.0648. The molecule has 1 aliphatic rings. The zero-order valence-electron chi connectivity index (χ0n) is 19.0. The molecule has 0 aliphatic heterocycles. The number of anilines is 1. The summed E-state index contributed by atoms with van der Waals surface area (Å²) in [4.78, 5) is 27.6. The molecule has 1 aromatic carbocycles. The molecule has 0 spiro atoms. The lowest BCUT2D eigenvalue weighted by atomic mass is 10.0. The summed E-state index contributed by atoms with van der Waals surface area (Å²) in [6.45, 7) is 2.34. The highest BCUT2D eigenvalue weighted by Gasteiger charge is 2.53. The summed E-state index contributed by atoms with van der Waals surface area (Å²) in [7, 11) is 3.66. The van der Waals surface area contributed by atoms with E-state index in [1.165, 1.54) is 19.1 Å². The number of likely N-dealkylation sites (N-methyl/N-ethyl adjacent to an activating group) is 1. The van der Waals surface area contributed by atoms with Crippen molar-refractivity contribution in [2.24, 2.45) is 0 Å². The van der Waals surface area contributed by atoms with Crippen LogP contribution in [0.2, 0.25) is 0 Å². The fourth-order valence-corrected chi connectivity index (χ4v) is 3.74. The maximum absolute atomic E-state index is 14.5. The Morgan fingerprint density at radius 3 is 2.38 bits per heavy atom. The zero-order valence-corrected chi connectivity index (χ0v) is 19.0. The minimum absolute atomic E-state index is 0.0810. The van der Waals surface area contributed by atoms with E-state index in [0.717, 1.165) is 22.9 Å². The van der Waals surface area contributed by atoms with E-state index in [0.29, 0.717) is 13.1 Å². The van der Waals surface area contributed by atoms with E-state index < -0.39 is 47.3 Å². The summed E-state index contributed by atoms with van der Waals surface area (Å²) in [5, 5.41) is 5.50. The van der Waals surface area contributed by atoms with E-state index in [1.54, 1.807) is 0 Å². The van der Waals surface area contributed by atoms with Crippen LogP contribution >= 0.6 is 0 Å². The molecule has 2 N–H and O–H groups in total. The van der Waals surface area contributed by atoms with Crippen molar-refractivity contribution in [1.29, 1.82) is 0 Å². The lowest BCUT2D eigenvalue weighted by Gasteiger charge is -2.22. The normalized spacial score (nSPS) is 15.6. The highest BCUT2D eigenvalue weighted by atomic mass is 19.3. The number of nitrogens with one attached hydrogen (secondary N) is 2. The Hall–Kier alpha value is -2.95. The molecule has 0 radical (unpaired) electrons. The Labute approximate surface area is 193 Å². The Morgan fingerprint density at radius 1 is 1.18 bits per heavy atom. The quantitative estimate of drug-likeness (QED) is 0.496. The number of pyridine rings is 1. The van der Waals surface area contributed by atoms with Crippen LogP contribution in [0.25, 0.3) is 0 Å². The van der Waals surface area contributed by atoms with Gasteiger partial charge >= 0.3 is 0 Å². The lowest BCUT2D eigenvalue weighted by Crippen LogP contribution is -2.37. The highest BCUT2D eigenvalue weighted by molar-refractivity contribution is 5.99. The molecule has 1 amide bonds. The summed E-state index contributed by atoms with van der Waals surface area (Å²) in [5.41, 5.74) is -3.20. The van der Waals surface area contributed by atoms with Gasteiger partial charge in [0.05, 0.1) is 22.9 Å². The van der Waals surface area contributed by atoms with E-state index in [9.17, 15) is 31.5 Å². The van der Waals surface area contributed by atoms with Crippen LogP contribution in [0.4, 0.5) is 27.6 Å². The van der Waals surface area contributed by atoms with Crippen LogP contribution in [-0.4, -0.2) is 49.0 Å². The molecule has 1 atom stereocenters. The van der Waals surface area contributed by atoms with E-state index in [1.807, 2.05) is 19.0 Å². The van der Waals surface area contributed by atoms with Gasteiger partial charge in [-0.3, -0.25) is 9.59 Å². The molecule has 34 heavy (non-hydrogen) atoms. The third-order valence-electron chi connectivity index (χ3n) is 5.93. The number of rotatable bonds is 10. The number of hydrogen-bond donors (Lipinski definition) is 2. The molecule has 2 aromatic rings. The van der Waals surface area contributed by atoms with Crippen molar-refractivity contribution >= 4 is 11.6 Å². The Morgan fingerprint density at radius 2 is 1.82 bits per heavy atom. The number of hydrogen-bond acceptors (Lipinski definition) is 4. The van der Waals surface area contributed by atoms with E-state index in [4.69, 9.17) is 0 Å². The van der Waals surface area contributed by atoms with Gasteiger partial charge in [0.1, 0.15) is 11.4 Å². The summed E-state index contributed by atoms with van der Waals surface area (Å²) >= 11 is 0. The van der Waals surface area contributed by atoms with Gasteiger partial charge in [-0.15, -0.1) is 0 Å². The predicted octanol–water partition coefficient (Wildman–Crippen LogP) is 4.14. The number of amides is 1. The molecule has 1 heterocycles. The molecule has 1 aliphatic carbocycles. The van der Waals surface area contributed by atoms with Crippen molar-refractivity contribution in [3.63, 3.8) is 0 Å². The van der Waals surface area contributed by atoms with Crippen molar-refractivity contribution in [3.05, 3.63) is 63.3 Å². The van der Waals surface area contributed by atoms with Gasteiger partial charge in [0.15, 0.2) is 0 Å². The third kappa shape index (κ3) is 5.24. The summed E-state index contributed by atoms with van der Waals surface area (Å²) in [6, 6.07) is 3.58. The molecule has 0 saturated heterocycles. The molecule has 1 saturated carbocycles. The summed E-state index contributed by atoms with van der Waals surface area (Å²) in [6.07, 6.45) is -4.53. The van der Waals surface area contributed by atoms with Crippen LogP contribution in [0.3, 0.4) is 0 Å². The summed E-state index contributed by atoms with van der Waals surface area (Å²) in [5.74, 6) is -1.89. The van der Waals surface area contributed by atoms with Gasteiger partial charge in [0, 0.05) is 30.9 Å². The molecule has 186 valence electrons.